The normalized spacial score (nSPS) is 22.9. The van der Waals surface area contributed by atoms with Crippen molar-refractivity contribution in [1.29, 1.82) is 0 Å². The molecule has 2 unspecified atom stereocenters. The summed E-state index contributed by atoms with van der Waals surface area (Å²) in [5.74, 6) is 1.03. The van der Waals surface area contributed by atoms with Crippen LogP contribution in [0.5, 0.6) is 0 Å². The number of likely N-dealkylation sites (tertiary alicyclic amines) is 1. The number of carbonyl (C=O) groups is 1. The molecule has 1 amide bonds. The number of likely N-dealkylation sites (N-methyl/N-ethyl adjacent to an activating group) is 1. The van der Waals surface area contributed by atoms with Gasteiger partial charge in [-0.3, -0.25) is 4.79 Å². The molecule has 0 aromatic heterocycles. The number of rotatable bonds is 7. The van der Waals surface area contributed by atoms with E-state index in [4.69, 9.17) is 4.74 Å². The molecule has 1 aliphatic heterocycles. The van der Waals surface area contributed by atoms with Crippen LogP contribution in [0.25, 0.3) is 0 Å². The predicted molar refractivity (Wildman–Crippen MR) is 73.6 cm³/mol. The highest BCUT2D eigenvalue weighted by Crippen LogP contribution is 2.21. The molecule has 1 aliphatic rings. The molecule has 0 aromatic carbocycles. The number of hydrogen-bond acceptors (Lipinski definition) is 3. The summed E-state index contributed by atoms with van der Waals surface area (Å²) in [6.07, 6.45) is 4.11. The Balaban J connectivity index is 2.49. The zero-order valence-corrected chi connectivity index (χ0v) is 12.1. The van der Waals surface area contributed by atoms with E-state index in [0.717, 1.165) is 38.4 Å². The first kappa shape index (κ1) is 15.4. The molecule has 0 saturated carbocycles. The molecule has 0 bridgehead atoms. The first-order valence-electron chi connectivity index (χ1n) is 7.21. The summed E-state index contributed by atoms with van der Waals surface area (Å²) in [7, 11) is 1.71. The lowest BCUT2D eigenvalue weighted by Crippen LogP contribution is -2.45. The van der Waals surface area contributed by atoms with Crippen LogP contribution >= 0.6 is 0 Å². The van der Waals surface area contributed by atoms with Gasteiger partial charge in [0.05, 0.1) is 6.61 Å². The van der Waals surface area contributed by atoms with E-state index < -0.39 is 0 Å². The Kier molecular flexibility index (Phi) is 7.28. The lowest BCUT2D eigenvalue weighted by atomic mass is 9.98. The second-order valence-electron chi connectivity index (χ2n) is 5.15. The highest BCUT2D eigenvalue weighted by atomic mass is 16.5. The molecule has 2 atom stereocenters. The second-order valence-corrected chi connectivity index (χ2v) is 5.15. The maximum atomic E-state index is 12.1. The van der Waals surface area contributed by atoms with Crippen LogP contribution in [0, 0.1) is 5.92 Å². The zero-order valence-electron chi connectivity index (χ0n) is 12.1. The number of methoxy groups -OCH3 is 1. The summed E-state index contributed by atoms with van der Waals surface area (Å²) in [5, 5.41) is 3.38. The van der Waals surface area contributed by atoms with Crippen LogP contribution in [-0.2, 0) is 9.53 Å². The summed E-state index contributed by atoms with van der Waals surface area (Å²) >= 11 is 0. The Morgan fingerprint density at radius 2 is 2.22 bits per heavy atom. The number of nitrogens with one attached hydrogen (secondary N) is 1. The summed E-state index contributed by atoms with van der Waals surface area (Å²) < 4.78 is 5.21. The van der Waals surface area contributed by atoms with E-state index in [1.165, 1.54) is 6.42 Å². The third kappa shape index (κ3) is 4.94. The van der Waals surface area contributed by atoms with Crippen LogP contribution in [0.15, 0.2) is 0 Å². The predicted octanol–water partition coefficient (Wildman–Crippen LogP) is 1.65. The summed E-state index contributed by atoms with van der Waals surface area (Å²) in [5.41, 5.74) is 0. The molecule has 1 heterocycles. The topological polar surface area (TPSA) is 41.6 Å². The molecule has 1 fully saturated rings. The van der Waals surface area contributed by atoms with E-state index in [1.54, 1.807) is 7.11 Å². The van der Waals surface area contributed by atoms with Crippen molar-refractivity contribution in [2.24, 2.45) is 5.92 Å². The Morgan fingerprint density at radius 3 is 2.83 bits per heavy atom. The quantitative estimate of drug-likeness (QED) is 0.753. The number of amides is 1. The Bertz CT molecular complexity index is 240. The Hall–Kier alpha value is -0.610. The van der Waals surface area contributed by atoms with Gasteiger partial charge in [-0.15, -0.1) is 0 Å². The lowest BCUT2D eigenvalue weighted by Gasteiger charge is -2.27. The number of carbonyl (C=O) groups excluding carboxylic acids is 1. The van der Waals surface area contributed by atoms with Crippen LogP contribution in [0.4, 0.5) is 0 Å². The third-order valence-corrected chi connectivity index (χ3v) is 3.81. The standard InChI is InChI=1S/C14H28N2O2/c1-4-12-6-7-14(17)16(9-8-12)10-13(11-18-3)15-5-2/h12-13,15H,4-11H2,1-3H3. The Labute approximate surface area is 111 Å². The summed E-state index contributed by atoms with van der Waals surface area (Å²) in [4.78, 5) is 14.1. The second kappa shape index (κ2) is 8.48. The number of nitrogens with zero attached hydrogens (tertiary/aromatic N) is 1. The van der Waals surface area contributed by atoms with E-state index in [-0.39, 0.29) is 6.04 Å². The fraction of sp³-hybridized carbons (Fsp3) is 0.929. The van der Waals surface area contributed by atoms with Gasteiger partial charge in [-0.2, -0.15) is 0 Å². The van der Waals surface area contributed by atoms with E-state index in [9.17, 15) is 4.79 Å². The van der Waals surface area contributed by atoms with Crippen molar-refractivity contribution in [3.05, 3.63) is 0 Å². The minimum Gasteiger partial charge on any atom is -0.383 e. The molecule has 1 rings (SSSR count). The number of hydrogen-bond donors (Lipinski definition) is 1. The molecular weight excluding hydrogens is 228 g/mol. The molecule has 0 spiro atoms. The monoisotopic (exact) mass is 256 g/mol. The smallest absolute Gasteiger partial charge is 0.222 e. The van der Waals surface area contributed by atoms with Crippen molar-refractivity contribution in [1.82, 2.24) is 10.2 Å². The van der Waals surface area contributed by atoms with Gasteiger partial charge in [0.25, 0.3) is 0 Å². The van der Waals surface area contributed by atoms with Crippen molar-refractivity contribution in [2.45, 2.75) is 45.6 Å². The highest BCUT2D eigenvalue weighted by Gasteiger charge is 2.23. The minimum atomic E-state index is 0.252. The largest absolute Gasteiger partial charge is 0.383 e. The van der Waals surface area contributed by atoms with Crippen LogP contribution in [0.3, 0.4) is 0 Å². The minimum absolute atomic E-state index is 0.252. The fourth-order valence-corrected chi connectivity index (χ4v) is 2.63. The first-order chi connectivity index (χ1) is 8.71. The molecule has 1 saturated heterocycles. The van der Waals surface area contributed by atoms with Gasteiger partial charge in [0.15, 0.2) is 0 Å². The van der Waals surface area contributed by atoms with E-state index >= 15 is 0 Å². The lowest BCUT2D eigenvalue weighted by molar-refractivity contribution is -0.131. The maximum Gasteiger partial charge on any atom is 0.222 e. The molecule has 0 aliphatic carbocycles. The van der Waals surface area contributed by atoms with Gasteiger partial charge in [-0.25, -0.2) is 0 Å². The summed E-state index contributed by atoms with van der Waals surface area (Å²) in [6.45, 7) is 7.56. The van der Waals surface area contributed by atoms with Gasteiger partial charge >= 0.3 is 0 Å². The molecule has 0 aromatic rings. The molecule has 1 N–H and O–H groups in total. The Morgan fingerprint density at radius 1 is 1.44 bits per heavy atom. The third-order valence-electron chi connectivity index (χ3n) is 3.81. The van der Waals surface area contributed by atoms with Crippen LogP contribution < -0.4 is 5.32 Å². The van der Waals surface area contributed by atoms with Crippen molar-refractivity contribution in [3.8, 4) is 0 Å². The maximum absolute atomic E-state index is 12.1. The van der Waals surface area contributed by atoms with Crippen molar-refractivity contribution in [3.63, 3.8) is 0 Å². The zero-order chi connectivity index (χ0) is 13.4. The van der Waals surface area contributed by atoms with Gasteiger partial charge < -0.3 is 15.0 Å². The van der Waals surface area contributed by atoms with Crippen molar-refractivity contribution < 1.29 is 9.53 Å². The first-order valence-corrected chi connectivity index (χ1v) is 7.21. The molecule has 18 heavy (non-hydrogen) atoms. The van der Waals surface area contributed by atoms with Gasteiger partial charge in [-0.05, 0) is 25.3 Å². The van der Waals surface area contributed by atoms with Crippen LogP contribution in [-0.4, -0.2) is 50.2 Å². The molecule has 0 radical (unpaired) electrons. The van der Waals surface area contributed by atoms with Gasteiger partial charge in [-0.1, -0.05) is 20.3 Å². The van der Waals surface area contributed by atoms with Gasteiger partial charge in [0, 0.05) is 32.7 Å². The van der Waals surface area contributed by atoms with E-state index in [1.807, 2.05) is 4.90 Å². The van der Waals surface area contributed by atoms with Crippen LogP contribution in [0.1, 0.15) is 39.5 Å². The van der Waals surface area contributed by atoms with Gasteiger partial charge in [0.1, 0.15) is 0 Å². The molecular formula is C14H28N2O2. The van der Waals surface area contributed by atoms with Crippen molar-refractivity contribution in [2.75, 3.05) is 33.4 Å². The average Bonchev–Trinajstić information content (AvgIpc) is 2.53. The van der Waals surface area contributed by atoms with E-state index in [2.05, 4.69) is 19.2 Å². The highest BCUT2D eigenvalue weighted by molar-refractivity contribution is 5.76. The van der Waals surface area contributed by atoms with E-state index in [0.29, 0.717) is 18.9 Å². The fourth-order valence-electron chi connectivity index (χ4n) is 2.63. The SMILES string of the molecule is CCNC(COC)CN1CCC(CC)CCC1=O. The molecule has 4 heteroatoms. The molecule has 4 nitrogen and oxygen atoms in total. The van der Waals surface area contributed by atoms with Crippen molar-refractivity contribution >= 4 is 5.91 Å². The molecule has 106 valence electrons. The van der Waals surface area contributed by atoms with Crippen LogP contribution in [0.2, 0.25) is 0 Å². The summed E-state index contributed by atoms with van der Waals surface area (Å²) in [6, 6.07) is 0.252. The van der Waals surface area contributed by atoms with Gasteiger partial charge in [0.2, 0.25) is 5.91 Å². The average molecular weight is 256 g/mol. The number of ether oxygens (including phenoxy) is 1.